The molecule has 0 bridgehead atoms. The Kier molecular flexibility index (Phi) is 5.79. The average Bonchev–Trinajstić information content (AvgIpc) is 2.66. The lowest BCUT2D eigenvalue weighted by molar-refractivity contribution is -0.119. The number of carbonyl (C=O) groups excluding carboxylic acids is 1. The topological polar surface area (TPSA) is 93.4 Å². The number of nitrogens with zero attached hydrogens (tertiary/aromatic N) is 3. The number of nitrogens with one attached hydrogen (secondary N) is 1. The van der Waals surface area contributed by atoms with Crippen LogP contribution in [-0.2, 0) is 11.3 Å². The van der Waals surface area contributed by atoms with Gasteiger partial charge in [-0.3, -0.25) is 4.79 Å². The third-order valence-electron chi connectivity index (χ3n) is 4.16. The molecule has 1 atom stereocenters. The Balaban J connectivity index is 1.48. The van der Waals surface area contributed by atoms with Gasteiger partial charge in [0.2, 0.25) is 5.95 Å². The summed E-state index contributed by atoms with van der Waals surface area (Å²) < 4.78 is 5.26. The molecule has 7 nitrogen and oxygen atoms in total. The molecule has 0 aliphatic carbocycles. The van der Waals surface area contributed by atoms with Gasteiger partial charge in [-0.1, -0.05) is 12.1 Å². The molecule has 2 heterocycles. The molecule has 7 heteroatoms. The van der Waals surface area contributed by atoms with Crippen LogP contribution in [0.1, 0.15) is 18.4 Å². The number of hydrogen-bond acceptors (Lipinski definition) is 6. The minimum atomic E-state index is -0.477. The molecule has 1 fully saturated rings. The van der Waals surface area contributed by atoms with E-state index in [2.05, 4.69) is 20.2 Å². The number of aromatic nitrogens is 2. The Morgan fingerprint density at radius 1 is 1.28 bits per heavy atom. The van der Waals surface area contributed by atoms with Crippen LogP contribution in [0.2, 0.25) is 0 Å². The van der Waals surface area contributed by atoms with Crippen LogP contribution >= 0.6 is 0 Å². The summed E-state index contributed by atoms with van der Waals surface area (Å²) in [6.07, 6.45) is 5.82. The number of hydrogen-bond donors (Lipinski definition) is 2. The van der Waals surface area contributed by atoms with Gasteiger partial charge in [-0.25, -0.2) is 9.97 Å². The second-order valence-electron chi connectivity index (χ2n) is 6.11. The summed E-state index contributed by atoms with van der Waals surface area (Å²) in [6, 6.07) is 9.92. The van der Waals surface area contributed by atoms with Crippen molar-refractivity contribution < 1.29 is 9.53 Å². The van der Waals surface area contributed by atoms with Crippen molar-refractivity contribution in [3.8, 4) is 5.75 Å². The van der Waals surface area contributed by atoms with Crippen LogP contribution in [0.3, 0.4) is 0 Å². The van der Waals surface area contributed by atoms with Gasteiger partial charge in [-0.05, 0) is 36.6 Å². The van der Waals surface area contributed by atoms with Crippen LogP contribution in [0.25, 0.3) is 0 Å². The first-order valence-electron chi connectivity index (χ1n) is 8.46. The molecule has 1 saturated heterocycles. The molecule has 0 spiro atoms. The molecule has 1 amide bonds. The second-order valence-corrected chi connectivity index (χ2v) is 6.11. The lowest BCUT2D eigenvalue weighted by atomic mass is 10.1. The van der Waals surface area contributed by atoms with E-state index in [0.29, 0.717) is 11.8 Å². The highest BCUT2D eigenvalue weighted by molar-refractivity contribution is 5.75. The standard InChI is InChI=1S/C18H23N5O2/c19-17(24)13-25-16-6-4-14(5-7-16)11-22-15-3-1-10-23(12-15)18-20-8-2-9-21-18/h2,4-9,15,22H,1,3,10-13H2,(H2,19,24). The molecule has 1 aromatic heterocycles. The van der Waals surface area contributed by atoms with Gasteiger partial charge in [0.05, 0.1) is 0 Å². The van der Waals surface area contributed by atoms with Crippen LogP contribution < -0.4 is 20.7 Å². The summed E-state index contributed by atoms with van der Waals surface area (Å²) in [5.41, 5.74) is 6.23. The number of primary amides is 1. The first-order chi connectivity index (χ1) is 12.2. The molecule has 1 aliphatic heterocycles. The van der Waals surface area contributed by atoms with Gasteiger partial charge in [0.15, 0.2) is 6.61 Å². The highest BCUT2D eigenvalue weighted by Crippen LogP contribution is 2.16. The lowest BCUT2D eigenvalue weighted by Gasteiger charge is -2.33. The van der Waals surface area contributed by atoms with Crippen LogP contribution in [0.5, 0.6) is 5.75 Å². The molecule has 0 saturated carbocycles. The number of amides is 1. The maximum atomic E-state index is 10.7. The Morgan fingerprint density at radius 2 is 2.04 bits per heavy atom. The van der Waals surface area contributed by atoms with Crippen molar-refractivity contribution >= 4 is 11.9 Å². The summed E-state index contributed by atoms with van der Waals surface area (Å²) in [5.74, 6) is 0.965. The number of nitrogens with two attached hydrogens (primary N) is 1. The van der Waals surface area contributed by atoms with Gasteiger partial charge in [0, 0.05) is 38.1 Å². The largest absolute Gasteiger partial charge is 0.484 e. The van der Waals surface area contributed by atoms with Crippen molar-refractivity contribution in [2.24, 2.45) is 5.73 Å². The molecule has 1 aliphatic rings. The van der Waals surface area contributed by atoms with E-state index in [0.717, 1.165) is 38.4 Å². The predicted octanol–water partition coefficient (Wildman–Crippen LogP) is 1.10. The van der Waals surface area contributed by atoms with E-state index >= 15 is 0 Å². The Hall–Kier alpha value is -2.67. The average molecular weight is 341 g/mol. The molecule has 0 radical (unpaired) electrons. The van der Waals surface area contributed by atoms with Gasteiger partial charge in [-0.15, -0.1) is 0 Å². The summed E-state index contributed by atoms with van der Waals surface area (Å²) in [5, 5.41) is 3.60. The third kappa shape index (κ3) is 5.15. The molecule has 2 aromatic rings. The van der Waals surface area contributed by atoms with Crippen molar-refractivity contribution in [1.82, 2.24) is 15.3 Å². The zero-order chi connectivity index (χ0) is 17.5. The van der Waals surface area contributed by atoms with E-state index in [1.165, 1.54) is 5.56 Å². The van der Waals surface area contributed by atoms with Crippen LogP contribution in [0.15, 0.2) is 42.7 Å². The molecular formula is C18H23N5O2. The van der Waals surface area contributed by atoms with E-state index < -0.39 is 5.91 Å². The second kappa shape index (κ2) is 8.43. The number of rotatable bonds is 7. The van der Waals surface area contributed by atoms with Crippen molar-refractivity contribution in [2.45, 2.75) is 25.4 Å². The number of anilines is 1. The van der Waals surface area contributed by atoms with E-state index in [1.807, 2.05) is 30.3 Å². The zero-order valence-corrected chi connectivity index (χ0v) is 14.1. The van der Waals surface area contributed by atoms with Gasteiger partial charge < -0.3 is 20.7 Å². The van der Waals surface area contributed by atoms with Gasteiger partial charge >= 0.3 is 0 Å². The molecular weight excluding hydrogens is 318 g/mol. The summed E-state index contributed by atoms with van der Waals surface area (Å²) in [6.45, 7) is 2.58. The van der Waals surface area contributed by atoms with Crippen molar-refractivity contribution in [3.63, 3.8) is 0 Å². The first kappa shape index (κ1) is 17.2. The molecule has 3 N–H and O–H groups in total. The maximum Gasteiger partial charge on any atom is 0.255 e. The van der Waals surface area contributed by atoms with E-state index in [4.69, 9.17) is 10.5 Å². The molecule has 3 rings (SSSR count). The Bertz CT molecular complexity index is 678. The number of carbonyl (C=O) groups is 1. The highest BCUT2D eigenvalue weighted by Gasteiger charge is 2.21. The fourth-order valence-corrected chi connectivity index (χ4v) is 2.90. The minimum absolute atomic E-state index is 0.100. The van der Waals surface area contributed by atoms with Gasteiger partial charge in [0.25, 0.3) is 5.91 Å². The zero-order valence-electron chi connectivity index (χ0n) is 14.1. The minimum Gasteiger partial charge on any atom is -0.484 e. The van der Waals surface area contributed by atoms with Crippen LogP contribution in [0.4, 0.5) is 5.95 Å². The number of piperidine rings is 1. The quantitative estimate of drug-likeness (QED) is 0.783. The molecule has 1 aromatic carbocycles. The van der Waals surface area contributed by atoms with Crippen molar-refractivity contribution in [3.05, 3.63) is 48.3 Å². The number of benzene rings is 1. The number of ether oxygens (including phenoxy) is 1. The van der Waals surface area contributed by atoms with Crippen molar-refractivity contribution in [2.75, 3.05) is 24.6 Å². The van der Waals surface area contributed by atoms with Crippen molar-refractivity contribution in [1.29, 1.82) is 0 Å². The van der Waals surface area contributed by atoms with Gasteiger partial charge in [-0.2, -0.15) is 0 Å². The van der Waals surface area contributed by atoms with E-state index in [9.17, 15) is 4.79 Å². The molecule has 25 heavy (non-hydrogen) atoms. The summed E-state index contributed by atoms with van der Waals surface area (Å²) in [7, 11) is 0. The van der Waals surface area contributed by atoms with E-state index in [1.54, 1.807) is 12.4 Å². The first-order valence-corrected chi connectivity index (χ1v) is 8.46. The van der Waals surface area contributed by atoms with Crippen LogP contribution in [0, 0.1) is 0 Å². The predicted molar refractivity (Wildman–Crippen MR) is 95.2 cm³/mol. The molecule has 132 valence electrons. The van der Waals surface area contributed by atoms with Crippen LogP contribution in [-0.4, -0.2) is 41.6 Å². The Morgan fingerprint density at radius 3 is 2.76 bits per heavy atom. The third-order valence-corrected chi connectivity index (χ3v) is 4.16. The summed E-state index contributed by atoms with van der Waals surface area (Å²) in [4.78, 5) is 21.6. The Labute approximate surface area is 147 Å². The maximum absolute atomic E-state index is 10.7. The SMILES string of the molecule is NC(=O)COc1ccc(CNC2CCCN(c3ncccn3)C2)cc1. The summed E-state index contributed by atoms with van der Waals surface area (Å²) >= 11 is 0. The van der Waals surface area contributed by atoms with E-state index in [-0.39, 0.29) is 6.61 Å². The fourth-order valence-electron chi connectivity index (χ4n) is 2.90. The highest BCUT2D eigenvalue weighted by atomic mass is 16.5. The molecule has 1 unspecified atom stereocenters. The monoisotopic (exact) mass is 341 g/mol. The van der Waals surface area contributed by atoms with Gasteiger partial charge in [0.1, 0.15) is 5.75 Å². The lowest BCUT2D eigenvalue weighted by Crippen LogP contribution is -2.46. The normalized spacial score (nSPS) is 17.3. The fraction of sp³-hybridized carbons (Fsp3) is 0.389. The smallest absolute Gasteiger partial charge is 0.255 e.